The monoisotopic (exact) mass is 226 g/mol. The molecule has 0 aromatic rings. The van der Waals surface area contributed by atoms with Crippen LogP contribution in [0.15, 0.2) is 0 Å². The first kappa shape index (κ1) is 12.3. The van der Waals surface area contributed by atoms with Gasteiger partial charge >= 0.3 is 0 Å². The van der Waals surface area contributed by atoms with Gasteiger partial charge in [0.05, 0.1) is 6.10 Å². The van der Waals surface area contributed by atoms with E-state index >= 15 is 0 Å². The van der Waals surface area contributed by atoms with Crippen molar-refractivity contribution in [1.29, 1.82) is 0 Å². The fraction of sp³-hybridized carbons (Fsp3) is 1.00. The SMILES string of the molecule is COC1CCCC(N2CC(C)CC(N)C2)C1. The Hall–Kier alpha value is -0.120. The van der Waals surface area contributed by atoms with Gasteiger partial charge < -0.3 is 10.5 Å². The molecule has 1 heterocycles. The Kier molecular flexibility index (Phi) is 4.22. The molecule has 3 nitrogen and oxygen atoms in total. The maximum absolute atomic E-state index is 6.12. The molecule has 1 aliphatic carbocycles. The second-order valence-corrected chi connectivity index (χ2v) is 5.73. The average molecular weight is 226 g/mol. The molecule has 4 atom stereocenters. The van der Waals surface area contributed by atoms with Crippen LogP contribution in [-0.4, -0.2) is 43.3 Å². The van der Waals surface area contributed by atoms with Crippen LogP contribution in [0, 0.1) is 5.92 Å². The van der Waals surface area contributed by atoms with Crippen molar-refractivity contribution in [1.82, 2.24) is 4.90 Å². The van der Waals surface area contributed by atoms with E-state index in [0.717, 1.165) is 12.5 Å². The summed E-state index contributed by atoms with van der Waals surface area (Å²) in [6.45, 7) is 4.64. The molecule has 1 saturated heterocycles. The fourth-order valence-corrected chi connectivity index (χ4v) is 3.41. The maximum atomic E-state index is 6.12. The van der Waals surface area contributed by atoms with Crippen LogP contribution in [0.25, 0.3) is 0 Å². The second-order valence-electron chi connectivity index (χ2n) is 5.73. The first-order chi connectivity index (χ1) is 7.69. The van der Waals surface area contributed by atoms with Gasteiger partial charge in [-0.1, -0.05) is 6.92 Å². The van der Waals surface area contributed by atoms with Crippen LogP contribution in [0.4, 0.5) is 0 Å². The van der Waals surface area contributed by atoms with Gasteiger partial charge in [-0.3, -0.25) is 4.90 Å². The number of nitrogens with zero attached hydrogens (tertiary/aromatic N) is 1. The Morgan fingerprint density at radius 3 is 2.69 bits per heavy atom. The van der Waals surface area contributed by atoms with Gasteiger partial charge in [0.1, 0.15) is 0 Å². The number of methoxy groups -OCH3 is 1. The number of nitrogens with two attached hydrogens (primary N) is 1. The van der Waals surface area contributed by atoms with Gasteiger partial charge in [-0.2, -0.15) is 0 Å². The Bertz CT molecular complexity index is 212. The highest BCUT2D eigenvalue weighted by atomic mass is 16.5. The molecular weight excluding hydrogens is 200 g/mol. The molecule has 0 aromatic carbocycles. The minimum atomic E-state index is 0.381. The van der Waals surface area contributed by atoms with E-state index in [1.165, 1.54) is 38.6 Å². The van der Waals surface area contributed by atoms with Crippen molar-refractivity contribution in [3.05, 3.63) is 0 Å². The minimum absolute atomic E-state index is 0.381. The molecule has 2 aliphatic rings. The summed E-state index contributed by atoms with van der Waals surface area (Å²) in [4.78, 5) is 2.62. The lowest BCUT2D eigenvalue weighted by Gasteiger charge is -2.42. The average Bonchev–Trinajstić information content (AvgIpc) is 2.28. The van der Waals surface area contributed by atoms with Crippen LogP contribution in [-0.2, 0) is 4.74 Å². The van der Waals surface area contributed by atoms with Crippen molar-refractivity contribution >= 4 is 0 Å². The largest absolute Gasteiger partial charge is 0.381 e. The van der Waals surface area contributed by atoms with Gasteiger partial charge in [-0.05, 0) is 38.0 Å². The van der Waals surface area contributed by atoms with Gasteiger partial charge in [0, 0.05) is 32.3 Å². The van der Waals surface area contributed by atoms with Crippen molar-refractivity contribution in [2.75, 3.05) is 20.2 Å². The molecule has 1 aliphatic heterocycles. The molecule has 0 amide bonds. The van der Waals surface area contributed by atoms with Gasteiger partial charge in [-0.15, -0.1) is 0 Å². The summed E-state index contributed by atoms with van der Waals surface area (Å²) >= 11 is 0. The predicted molar refractivity (Wildman–Crippen MR) is 66.4 cm³/mol. The molecule has 0 radical (unpaired) electrons. The highest BCUT2D eigenvalue weighted by Gasteiger charge is 2.31. The van der Waals surface area contributed by atoms with Gasteiger partial charge in [0.2, 0.25) is 0 Å². The van der Waals surface area contributed by atoms with Crippen molar-refractivity contribution in [2.24, 2.45) is 11.7 Å². The molecule has 3 heteroatoms. The third-order valence-corrected chi connectivity index (χ3v) is 4.17. The molecule has 2 N–H and O–H groups in total. The zero-order chi connectivity index (χ0) is 11.5. The number of hydrogen-bond acceptors (Lipinski definition) is 3. The molecule has 0 bridgehead atoms. The highest BCUT2D eigenvalue weighted by Crippen LogP contribution is 2.28. The van der Waals surface area contributed by atoms with E-state index in [1.54, 1.807) is 0 Å². The van der Waals surface area contributed by atoms with E-state index in [4.69, 9.17) is 10.5 Å². The summed E-state index contributed by atoms with van der Waals surface area (Å²) in [7, 11) is 1.84. The van der Waals surface area contributed by atoms with Crippen LogP contribution in [0.2, 0.25) is 0 Å². The number of ether oxygens (including phenoxy) is 1. The zero-order valence-corrected chi connectivity index (χ0v) is 10.7. The Balaban J connectivity index is 1.90. The smallest absolute Gasteiger partial charge is 0.0586 e. The highest BCUT2D eigenvalue weighted by molar-refractivity contribution is 4.87. The lowest BCUT2D eigenvalue weighted by molar-refractivity contribution is 0.0132. The summed E-state index contributed by atoms with van der Waals surface area (Å²) in [5.41, 5.74) is 6.12. The molecule has 2 fully saturated rings. The first-order valence-corrected chi connectivity index (χ1v) is 6.71. The normalized spacial score (nSPS) is 42.2. The van der Waals surface area contributed by atoms with E-state index in [-0.39, 0.29) is 0 Å². The van der Waals surface area contributed by atoms with E-state index in [9.17, 15) is 0 Å². The molecule has 2 rings (SSSR count). The van der Waals surface area contributed by atoms with E-state index in [2.05, 4.69) is 11.8 Å². The van der Waals surface area contributed by atoms with E-state index < -0.39 is 0 Å². The van der Waals surface area contributed by atoms with E-state index in [1.807, 2.05) is 7.11 Å². The lowest BCUT2D eigenvalue weighted by atomic mass is 9.88. The number of likely N-dealkylation sites (tertiary alicyclic amines) is 1. The zero-order valence-electron chi connectivity index (χ0n) is 10.7. The lowest BCUT2D eigenvalue weighted by Crippen LogP contribution is -2.52. The van der Waals surface area contributed by atoms with Crippen molar-refractivity contribution in [2.45, 2.75) is 57.2 Å². The molecule has 0 aromatic heterocycles. The predicted octanol–water partition coefficient (Wildman–Crippen LogP) is 1.61. The molecule has 4 unspecified atom stereocenters. The Morgan fingerprint density at radius 1 is 1.19 bits per heavy atom. The van der Waals surface area contributed by atoms with E-state index in [0.29, 0.717) is 18.2 Å². The van der Waals surface area contributed by atoms with Crippen molar-refractivity contribution < 1.29 is 4.74 Å². The van der Waals surface area contributed by atoms with Crippen LogP contribution in [0.1, 0.15) is 39.0 Å². The minimum Gasteiger partial charge on any atom is -0.381 e. The van der Waals surface area contributed by atoms with Crippen LogP contribution in [0.3, 0.4) is 0 Å². The summed E-state index contributed by atoms with van der Waals surface area (Å²) in [6.07, 6.45) is 6.75. The summed E-state index contributed by atoms with van der Waals surface area (Å²) in [6, 6.07) is 1.10. The standard InChI is InChI=1S/C13H26N2O/c1-10-6-11(14)9-15(8-10)12-4-3-5-13(7-12)16-2/h10-13H,3-9,14H2,1-2H3. The number of hydrogen-bond donors (Lipinski definition) is 1. The molecule has 16 heavy (non-hydrogen) atoms. The topological polar surface area (TPSA) is 38.5 Å². The van der Waals surface area contributed by atoms with Crippen molar-refractivity contribution in [3.8, 4) is 0 Å². The van der Waals surface area contributed by atoms with Crippen molar-refractivity contribution in [3.63, 3.8) is 0 Å². The second kappa shape index (κ2) is 5.48. The quantitative estimate of drug-likeness (QED) is 0.777. The third kappa shape index (κ3) is 2.96. The maximum Gasteiger partial charge on any atom is 0.0586 e. The number of piperidine rings is 1. The van der Waals surface area contributed by atoms with Gasteiger partial charge in [0.15, 0.2) is 0 Å². The first-order valence-electron chi connectivity index (χ1n) is 6.71. The fourth-order valence-electron chi connectivity index (χ4n) is 3.41. The summed E-state index contributed by atoms with van der Waals surface area (Å²) in [5.74, 6) is 0.756. The van der Waals surface area contributed by atoms with Crippen LogP contribution in [0.5, 0.6) is 0 Å². The molecule has 1 saturated carbocycles. The van der Waals surface area contributed by atoms with Gasteiger partial charge in [0.25, 0.3) is 0 Å². The summed E-state index contributed by atoms with van der Waals surface area (Å²) < 4.78 is 5.51. The summed E-state index contributed by atoms with van der Waals surface area (Å²) in [5, 5.41) is 0. The van der Waals surface area contributed by atoms with Crippen LogP contribution >= 0.6 is 0 Å². The third-order valence-electron chi connectivity index (χ3n) is 4.17. The number of rotatable bonds is 2. The molecular formula is C13H26N2O. The van der Waals surface area contributed by atoms with Crippen LogP contribution < -0.4 is 5.73 Å². The van der Waals surface area contributed by atoms with Gasteiger partial charge in [-0.25, -0.2) is 0 Å². The molecule has 0 spiro atoms. The Morgan fingerprint density at radius 2 is 2.00 bits per heavy atom. The molecule has 94 valence electrons. The Labute approximate surface area is 99.3 Å².